The highest BCUT2D eigenvalue weighted by Gasteiger charge is 2.19. The van der Waals surface area contributed by atoms with Gasteiger partial charge in [-0.1, -0.05) is 49.4 Å². The molecule has 5 aromatic rings. The van der Waals surface area contributed by atoms with Gasteiger partial charge < -0.3 is 19.7 Å². The van der Waals surface area contributed by atoms with Crippen LogP contribution in [-0.2, 0) is 9.59 Å². The van der Waals surface area contributed by atoms with Crippen LogP contribution in [0.15, 0.2) is 109 Å². The van der Waals surface area contributed by atoms with E-state index in [0.29, 0.717) is 24.3 Å². The molecule has 6 nitrogen and oxygen atoms in total. The van der Waals surface area contributed by atoms with Crippen molar-refractivity contribution in [3.63, 3.8) is 0 Å². The Morgan fingerprint density at radius 1 is 0.909 bits per heavy atom. The summed E-state index contributed by atoms with van der Waals surface area (Å²) in [6.07, 6.45) is 4.50. The van der Waals surface area contributed by atoms with Gasteiger partial charge in [0, 0.05) is 29.6 Å². The van der Waals surface area contributed by atoms with Gasteiger partial charge in [-0.3, -0.25) is 9.59 Å². The van der Waals surface area contributed by atoms with Crippen LogP contribution >= 0.6 is 0 Å². The second-order valence-corrected chi connectivity index (χ2v) is 10.4. The van der Waals surface area contributed by atoms with E-state index in [1.54, 1.807) is 54.6 Å². The van der Waals surface area contributed by atoms with Crippen LogP contribution in [0.2, 0.25) is 0 Å². The first-order valence-electron chi connectivity index (χ1n) is 14.4. The lowest BCUT2D eigenvalue weighted by atomic mass is 9.97. The van der Waals surface area contributed by atoms with Crippen molar-refractivity contribution in [2.75, 3.05) is 11.9 Å². The van der Waals surface area contributed by atoms with Gasteiger partial charge in [-0.25, -0.2) is 8.78 Å². The lowest BCUT2D eigenvalue weighted by molar-refractivity contribution is -0.137. The summed E-state index contributed by atoms with van der Waals surface area (Å²) in [7, 11) is 0. The van der Waals surface area contributed by atoms with Crippen molar-refractivity contribution in [3.05, 3.63) is 138 Å². The molecule has 2 N–H and O–H groups in total. The molecule has 0 radical (unpaired) electrons. The molecule has 0 spiro atoms. The second-order valence-electron chi connectivity index (χ2n) is 10.4. The predicted molar refractivity (Wildman–Crippen MR) is 168 cm³/mol. The molecule has 1 amide bonds. The van der Waals surface area contributed by atoms with E-state index in [1.807, 2.05) is 37.4 Å². The maximum absolute atomic E-state index is 13.8. The number of anilines is 1. The van der Waals surface area contributed by atoms with E-state index in [1.165, 1.54) is 24.3 Å². The zero-order valence-corrected chi connectivity index (χ0v) is 24.2. The van der Waals surface area contributed by atoms with E-state index in [0.717, 1.165) is 33.2 Å². The number of nitrogens with one attached hydrogen (secondary N) is 1. The minimum absolute atomic E-state index is 0.00395. The molecular weight excluding hydrogens is 562 g/mol. The van der Waals surface area contributed by atoms with Gasteiger partial charge in [0.2, 0.25) is 5.91 Å². The molecule has 0 unspecified atom stereocenters. The van der Waals surface area contributed by atoms with Gasteiger partial charge in [0.15, 0.2) is 0 Å². The highest BCUT2D eigenvalue weighted by molar-refractivity contribution is 6.05. The Labute approximate surface area is 254 Å². The third-order valence-corrected chi connectivity index (χ3v) is 7.36. The topological polar surface area (TPSA) is 80.6 Å². The molecular formula is C36H32F2N2O4. The fourth-order valence-electron chi connectivity index (χ4n) is 5.21. The number of benzene rings is 4. The Morgan fingerprint density at radius 2 is 1.57 bits per heavy atom. The monoisotopic (exact) mass is 594 g/mol. The van der Waals surface area contributed by atoms with Crippen LogP contribution in [0.25, 0.3) is 16.5 Å². The van der Waals surface area contributed by atoms with Crippen LogP contribution in [0.1, 0.15) is 48.9 Å². The summed E-state index contributed by atoms with van der Waals surface area (Å²) in [6, 6.07) is 27.3. The number of aliphatic carboxylic acids is 1. The zero-order valence-electron chi connectivity index (χ0n) is 24.2. The number of ether oxygens (including phenoxy) is 1. The molecule has 1 aromatic heterocycles. The Kier molecular flexibility index (Phi) is 9.49. The summed E-state index contributed by atoms with van der Waals surface area (Å²) in [5, 5.41) is 12.7. The van der Waals surface area contributed by atoms with Crippen molar-refractivity contribution >= 4 is 34.0 Å². The van der Waals surface area contributed by atoms with Gasteiger partial charge in [-0.2, -0.15) is 0 Å². The van der Waals surface area contributed by atoms with Crippen LogP contribution < -0.4 is 10.1 Å². The number of carbonyl (C=O) groups is 2. The van der Waals surface area contributed by atoms with Crippen molar-refractivity contribution in [2.45, 2.75) is 32.2 Å². The number of aromatic nitrogens is 1. The maximum Gasteiger partial charge on any atom is 0.303 e. The number of amides is 1. The molecule has 0 fully saturated rings. The molecule has 0 aliphatic rings. The zero-order chi connectivity index (χ0) is 31.1. The van der Waals surface area contributed by atoms with Crippen molar-refractivity contribution in [1.29, 1.82) is 0 Å². The molecule has 4 aromatic carbocycles. The largest absolute Gasteiger partial charge is 0.491 e. The summed E-state index contributed by atoms with van der Waals surface area (Å²) in [4.78, 5) is 23.8. The number of carboxylic acid groups (broad SMARTS) is 1. The third kappa shape index (κ3) is 7.21. The molecule has 8 heteroatoms. The molecule has 44 heavy (non-hydrogen) atoms. The fraction of sp³-hybridized carbons (Fsp3) is 0.167. The molecule has 0 saturated heterocycles. The number of halogens is 2. The first-order valence-corrected chi connectivity index (χ1v) is 14.4. The van der Waals surface area contributed by atoms with Gasteiger partial charge in [-0.05, 0) is 89.7 Å². The molecule has 224 valence electrons. The maximum atomic E-state index is 13.8. The van der Waals surface area contributed by atoms with E-state index in [2.05, 4.69) is 9.88 Å². The predicted octanol–water partition coefficient (Wildman–Crippen LogP) is 8.23. The number of carboxylic acids is 1. The van der Waals surface area contributed by atoms with Crippen molar-refractivity contribution in [2.24, 2.45) is 0 Å². The molecule has 1 heterocycles. The van der Waals surface area contributed by atoms with Crippen LogP contribution in [0.4, 0.5) is 14.5 Å². The minimum Gasteiger partial charge on any atom is -0.491 e. The number of hydrogen-bond acceptors (Lipinski definition) is 3. The first-order chi connectivity index (χ1) is 21.3. The molecule has 0 atom stereocenters. The lowest BCUT2D eigenvalue weighted by Crippen LogP contribution is -2.11. The quantitative estimate of drug-likeness (QED) is 0.113. The lowest BCUT2D eigenvalue weighted by Gasteiger charge is -2.22. The fourth-order valence-corrected chi connectivity index (χ4v) is 5.21. The van der Waals surface area contributed by atoms with Gasteiger partial charge in [0.25, 0.3) is 0 Å². The van der Waals surface area contributed by atoms with Gasteiger partial charge >= 0.3 is 5.97 Å². The standard InChI is InChI=1S/C36H32F2N2O4/c1-2-24(23-34(41)39-31-6-3-4-7-33(31)44-21-5-8-35(42)43)27-13-18-32-28(22-27)19-20-40(32)36(25-9-14-29(37)15-10-25)26-11-16-30(38)17-12-26/h3-4,6-7,9-20,22-23,36H,2,5,8,21H2,1H3,(H,39,41)(H,42,43)/b24-23+. The number of para-hydroxylation sites is 2. The Hall–Kier alpha value is -5.24. The number of allylic oxidation sites excluding steroid dienone is 1. The summed E-state index contributed by atoms with van der Waals surface area (Å²) < 4.78 is 35.3. The van der Waals surface area contributed by atoms with Gasteiger partial charge in [-0.15, -0.1) is 0 Å². The average molecular weight is 595 g/mol. The summed E-state index contributed by atoms with van der Waals surface area (Å²) in [5.74, 6) is -1.39. The van der Waals surface area contributed by atoms with E-state index in [9.17, 15) is 18.4 Å². The molecule has 0 bridgehead atoms. The highest BCUT2D eigenvalue weighted by Crippen LogP contribution is 2.33. The second kappa shape index (κ2) is 13.8. The molecule has 0 aliphatic carbocycles. The van der Waals surface area contributed by atoms with Gasteiger partial charge in [0.05, 0.1) is 18.3 Å². The van der Waals surface area contributed by atoms with Gasteiger partial charge in [0.1, 0.15) is 17.4 Å². The Bertz CT molecular complexity index is 1750. The van der Waals surface area contributed by atoms with Crippen LogP contribution in [0.5, 0.6) is 5.75 Å². The number of nitrogens with zero attached hydrogens (tertiary/aromatic N) is 1. The number of carbonyl (C=O) groups excluding carboxylic acids is 1. The van der Waals surface area contributed by atoms with Crippen LogP contribution in [-0.4, -0.2) is 28.2 Å². The van der Waals surface area contributed by atoms with E-state index in [-0.39, 0.29) is 36.6 Å². The van der Waals surface area contributed by atoms with E-state index < -0.39 is 5.97 Å². The summed E-state index contributed by atoms with van der Waals surface area (Å²) >= 11 is 0. The minimum atomic E-state index is -0.886. The average Bonchev–Trinajstić information content (AvgIpc) is 3.43. The summed E-state index contributed by atoms with van der Waals surface area (Å²) in [6.45, 7) is 2.20. The normalized spacial score (nSPS) is 11.6. The van der Waals surface area contributed by atoms with Crippen LogP contribution in [0, 0.1) is 11.6 Å². The SMILES string of the molecule is CC/C(=C\C(=O)Nc1ccccc1OCCCC(=O)O)c1ccc2c(ccn2C(c2ccc(F)cc2)c2ccc(F)cc2)c1. The number of hydrogen-bond donors (Lipinski definition) is 2. The number of fused-ring (bicyclic) bond motifs is 1. The Balaban J connectivity index is 1.40. The first kappa shape index (κ1) is 30.2. The number of rotatable bonds is 12. The van der Waals surface area contributed by atoms with E-state index in [4.69, 9.17) is 9.84 Å². The highest BCUT2D eigenvalue weighted by atomic mass is 19.1. The Morgan fingerprint density at radius 3 is 2.20 bits per heavy atom. The van der Waals surface area contributed by atoms with Crippen LogP contribution in [0.3, 0.4) is 0 Å². The third-order valence-electron chi connectivity index (χ3n) is 7.36. The van der Waals surface area contributed by atoms with Crippen molar-refractivity contribution in [3.8, 4) is 5.75 Å². The molecule has 0 saturated carbocycles. The molecule has 5 rings (SSSR count). The smallest absolute Gasteiger partial charge is 0.303 e. The molecule has 0 aliphatic heterocycles. The van der Waals surface area contributed by atoms with E-state index >= 15 is 0 Å². The van der Waals surface area contributed by atoms with Crippen molar-refractivity contribution in [1.82, 2.24) is 4.57 Å². The van der Waals surface area contributed by atoms with Crippen molar-refractivity contribution < 1.29 is 28.2 Å². The summed E-state index contributed by atoms with van der Waals surface area (Å²) in [5.41, 5.74) is 4.88.